The van der Waals surface area contributed by atoms with Gasteiger partial charge in [-0.05, 0) is 22.8 Å². The molecule has 1 fully saturated rings. The van der Waals surface area contributed by atoms with Gasteiger partial charge in [-0.25, -0.2) is 0 Å². The second kappa shape index (κ2) is 7.84. The summed E-state index contributed by atoms with van der Waals surface area (Å²) in [4.78, 5) is 27.7. The van der Waals surface area contributed by atoms with E-state index >= 15 is 0 Å². The van der Waals surface area contributed by atoms with E-state index in [1.165, 1.54) is 0 Å². The van der Waals surface area contributed by atoms with Crippen LogP contribution in [0.4, 0.5) is 0 Å². The van der Waals surface area contributed by atoms with E-state index in [2.05, 4.69) is 15.9 Å². The van der Waals surface area contributed by atoms with Gasteiger partial charge in [0.1, 0.15) is 5.41 Å². The number of benzene rings is 3. The second-order valence-electron chi connectivity index (χ2n) is 7.25. The average Bonchev–Trinajstić information content (AvgIpc) is 3.03. The van der Waals surface area contributed by atoms with Crippen molar-refractivity contribution < 1.29 is 14.7 Å². The van der Waals surface area contributed by atoms with Gasteiger partial charge in [0.15, 0.2) is 0 Å². The van der Waals surface area contributed by atoms with Crippen molar-refractivity contribution in [2.45, 2.75) is 24.4 Å². The molecule has 1 heterocycles. The lowest BCUT2D eigenvalue weighted by Gasteiger charge is -2.36. The number of hydrogen-bond acceptors (Lipinski definition) is 2. The van der Waals surface area contributed by atoms with E-state index < -0.39 is 17.4 Å². The fraction of sp³-hybridized carbons (Fsp3) is 0.167. The number of rotatable bonds is 5. The van der Waals surface area contributed by atoms with Crippen molar-refractivity contribution in [3.05, 3.63) is 106 Å². The molecule has 5 heteroatoms. The summed E-state index contributed by atoms with van der Waals surface area (Å²) in [5.41, 5.74) is 1.03. The fourth-order valence-corrected chi connectivity index (χ4v) is 4.75. The Hall–Kier alpha value is -2.92. The first-order chi connectivity index (χ1) is 14.0. The van der Waals surface area contributed by atoms with Crippen LogP contribution in [-0.2, 0) is 21.5 Å². The predicted octanol–water partition coefficient (Wildman–Crippen LogP) is 4.95. The summed E-state index contributed by atoms with van der Waals surface area (Å²) in [7, 11) is 0. The molecule has 4 rings (SSSR count). The Labute approximate surface area is 177 Å². The minimum absolute atomic E-state index is 0.0782. The summed E-state index contributed by atoms with van der Waals surface area (Å²) in [6.45, 7) is 0.355. The lowest BCUT2D eigenvalue weighted by molar-refractivity contribution is -0.145. The summed E-state index contributed by atoms with van der Waals surface area (Å²) < 4.78 is 0.791. The SMILES string of the molecule is O=C1C[C@@](C(=O)O)(c2ccccc2)[C@@H](c2ccccc2Br)N1Cc1ccccc1. The monoisotopic (exact) mass is 449 g/mol. The molecule has 146 valence electrons. The Balaban J connectivity index is 1.92. The molecule has 1 amide bonds. The van der Waals surface area contributed by atoms with E-state index in [0.717, 1.165) is 15.6 Å². The normalized spacial score (nSPS) is 21.3. The van der Waals surface area contributed by atoms with Crippen LogP contribution in [0.15, 0.2) is 89.4 Å². The molecule has 4 nitrogen and oxygen atoms in total. The molecule has 1 aliphatic rings. The Morgan fingerprint density at radius 1 is 0.966 bits per heavy atom. The van der Waals surface area contributed by atoms with Crippen molar-refractivity contribution in [3.8, 4) is 0 Å². The zero-order chi connectivity index (χ0) is 20.4. The van der Waals surface area contributed by atoms with Crippen LogP contribution in [0.25, 0.3) is 0 Å². The van der Waals surface area contributed by atoms with Crippen molar-refractivity contribution in [3.63, 3.8) is 0 Å². The van der Waals surface area contributed by atoms with Crippen molar-refractivity contribution in [2.75, 3.05) is 0 Å². The number of likely N-dealkylation sites (tertiary alicyclic amines) is 1. The lowest BCUT2D eigenvalue weighted by atomic mass is 9.71. The van der Waals surface area contributed by atoms with E-state index in [1.807, 2.05) is 72.8 Å². The molecule has 0 radical (unpaired) electrons. The number of aliphatic carboxylic acids is 1. The second-order valence-corrected chi connectivity index (χ2v) is 8.10. The highest BCUT2D eigenvalue weighted by atomic mass is 79.9. The average molecular weight is 450 g/mol. The van der Waals surface area contributed by atoms with Crippen LogP contribution in [0.2, 0.25) is 0 Å². The van der Waals surface area contributed by atoms with E-state index in [1.54, 1.807) is 17.0 Å². The Kier molecular flexibility index (Phi) is 5.24. The first-order valence-corrected chi connectivity index (χ1v) is 10.2. The summed E-state index contributed by atoms with van der Waals surface area (Å²) in [5, 5.41) is 10.4. The molecular weight excluding hydrogens is 430 g/mol. The Morgan fingerprint density at radius 3 is 2.17 bits per heavy atom. The van der Waals surface area contributed by atoms with Gasteiger partial charge in [0.05, 0.1) is 6.04 Å². The molecule has 3 aromatic rings. The first kappa shape index (κ1) is 19.4. The van der Waals surface area contributed by atoms with Crippen LogP contribution in [0.5, 0.6) is 0 Å². The lowest BCUT2D eigenvalue weighted by Crippen LogP contribution is -2.42. The first-order valence-electron chi connectivity index (χ1n) is 9.41. The van der Waals surface area contributed by atoms with Crippen molar-refractivity contribution in [2.24, 2.45) is 0 Å². The molecule has 0 unspecified atom stereocenters. The Morgan fingerprint density at radius 2 is 1.55 bits per heavy atom. The van der Waals surface area contributed by atoms with Gasteiger partial charge in [-0.15, -0.1) is 0 Å². The highest BCUT2D eigenvalue weighted by Crippen LogP contribution is 2.51. The molecule has 29 heavy (non-hydrogen) atoms. The predicted molar refractivity (Wildman–Crippen MR) is 114 cm³/mol. The van der Waals surface area contributed by atoms with Crippen LogP contribution >= 0.6 is 15.9 Å². The molecule has 1 N–H and O–H groups in total. The largest absolute Gasteiger partial charge is 0.480 e. The minimum Gasteiger partial charge on any atom is -0.480 e. The summed E-state index contributed by atoms with van der Waals surface area (Å²) in [5.74, 6) is -1.16. The summed E-state index contributed by atoms with van der Waals surface area (Å²) in [6.07, 6.45) is -0.0782. The molecule has 0 saturated carbocycles. The van der Waals surface area contributed by atoms with Crippen molar-refractivity contribution >= 4 is 27.8 Å². The highest BCUT2D eigenvalue weighted by molar-refractivity contribution is 9.10. The van der Waals surface area contributed by atoms with Gasteiger partial charge in [0, 0.05) is 17.4 Å². The topological polar surface area (TPSA) is 57.6 Å². The van der Waals surface area contributed by atoms with Crippen LogP contribution < -0.4 is 0 Å². The maximum absolute atomic E-state index is 13.2. The molecule has 0 aliphatic carbocycles. The van der Waals surface area contributed by atoms with Gasteiger partial charge >= 0.3 is 5.97 Å². The standard InChI is InChI=1S/C24H20BrNO3/c25-20-14-8-7-13-19(20)22-24(23(28)29,18-11-5-2-6-12-18)15-21(27)26(22)16-17-9-3-1-4-10-17/h1-14,22H,15-16H2,(H,28,29)/t22-,24-/m1/s1. The third kappa shape index (κ3) is 3.36. The zero-order valence-corrected chi connectivity index (χ0v) is 17.2. The minimum atomic E-state index is -1.36. The van der Waals surface area contributed by atoms with Crippen molar-refractivity contribution in [1.29, 1.82) is 0 Å². The van der Waals surface area contributed by atoms with Gasteiger partial charge in [0.25, 0.3) is 0 Å². The molecular formula is C24H20BrNO3. The van der Waals surface area contributed by atoms with Crippen LogP contribution in [0, 0.1) is 0 Å². The Bertz CT molecular complexity index is 1040. The van der Waals surface area contributed by atoms with Crippen molar-refractivity contribution in [1.82, 2.24) is 4.90 Å². The number of carboxylic acids is 1. The van der Waals surface area contributed by atoms with E-state index in [9.17, 15) is 14.7 Å². The number of halogens is 1. The maximum atomic E-state index is 13.2. The van der Waals surface area contributed by atoms with Gasteiger partial charge < -0.3 is 10.0 Å². The van der Waals surface area contributed by atoms with E-state index in [0.29, 0.717) is 12.1 Å². The maximum Gasteiger partial charge on any atom is 0.317 e. The molecule has 0 bridgehead atoms. The van der Waals surface area contributed by atoms with Gasteiger partial charge in [0.2, 0.25) is 5.91 Å². The highest BCUT2D eigenvalue weighted by Gasteiger charge is 2.58. The smallest absolute Gasteiger partial charge is 0.317 e. The number of carbonyl (C=O) groups is 2. The third-order valence-electron chi connectivity index (χ3n) is 5.59. The fourth-order valence-electron chi connectivity index (χ4n) is 4.25. The van der Waals surface area contributed by atoms with Gasteiger partial charge in [-0.3, -0.25) is 9.59 Å². The summed E-state index contributed by atoms with van der Waals surface area (Å²) in [6, 6.07) is 25.7. The number of hydrogen-bond donors (Lipinski definition) is 1. The van der Waals surface area contributed by atoms with Crippen LogP contribution in [0.3, 0.4) is 0 Å². The summed E-state index contributed by atoms with van der Waals surface area (Å²) >= 11 is 3.58. The number of carboxylic acid groups (broad SMARTS) is 1. The zero-order valence-electron chi connectivity index (χ0n) is 15.7. The van der Waals surface area contributed by atoms with Crippen LogP contribution in [0.1, 0.15) is 29.2 Å². The van der Waals surface area contributed by atoms with E-state index in [-0.39, 0.29) is 12.3 Å². The number of carbonyl (C=O) groups excluding carboxylic acids is 1. The van der Waals surface area contributed by atoms with Gasteiger partial charge in [-0.1, -0.05) is 94.8 Å². The molecule has 3 aromatic carbocycles. The number of amides is 1. The molecule has 2 atom stereocenters. The quantitative estimate of drug-likeness (QED) is 0.599. The number of nitrogens with zero attached hydrogens (tertiary/aromatic N) is 1. The molecule has 0 aromatic heterocycles. The molecule has 1 aliphatic heterocycles. The van der Waals surface area contributed by atoms with Gasteiger partial charge in [-0.2, -0.15) is 0 Å². The van der Waals surface area contributed by atoms with E-state index in [4.69, 9.17) is 0 Å². The van der Waals surface area contributed by atoms with Crippen LogP contribution in [-0.4, -0.2) is 21.9 Å². The third-order valence-corrected chi connectivity index (χ3v) is 6.32. The molecule has 0 spiro atoms. The molecule has 1 saturated heterocycles.